The van der Waals surface area contributed by atoms with E-state index in [1.807, 2.05) is 19.1 Å². The lowest BCUT2D eigenvalue weighted by molar-refractivity contribution is 0.414. The van der Waals surface area contributed by atoms with Gasteiger partial charge in [0.25, 0.3) is 0 Å². The quantitative estimate of drug-likeness (QED) is 0.621. The van der Waals surface area contributed by atoms with Crippen LogP contribution >= 0.6 is 0 Å². The first kappa shape index (κ1) is 15.1. The van der Waals surface area contributed by atoms with Gasteiger partial charge in [-0.05, 0) is 31.0 Å². The highest BCUT2D eigenvalue weighted by Gasteiger charge is 2.09. The number of nitrogens with zero attached hydrogens (tertiary/aromatic N) is 3. The number of aromatic nitrogens is 4. The van der Waals surface area contributed by atoms with Crippen LogP contribution in [0.5, 0.6) is 5.75 Å². The van der Waals surface area contributed by atoms with Crippen molar-refractivity contribution < 1.29 is 4.74 Å². The minimum absolute atomic E-state index is 0.582. The summed E-state index contributed by atoms with van der Waals surface area (Å²) in [6, 6.07) is 8.07. The van der Waals surface area contributed by atoms with Crippen LogP contribution in [0.15, 0.2) is 30.6 Å². The van der Waals surface area contributed by atoms with Crippen LogP contribution in [-0.2, 0) is 6.42 Å². The first-order valence-corrected chi connectivity index (χ1v) is 7.62. The number of benzene rings is 1. The predicted molar refractivity (Wildman–Crippen MR) is 91.0 cm³/mol. The van der Waals surface area contributed by atoms with Gasteiger partial charge in [0.1, 0.15) is 11.3 Å². The summed E-state index contributed by atoms with van der Waals surface area (Å²) in [5.74, 6) is 2.21. The van der Waals surface area contributed by atoms with Gasteiger partial charge in [0.15, 0.2) is 11.5 Å². The molecule has 0 fully saturated rings. The first-order valence-electron chi connectivity index (χ1n) is 7.62. The monoisotopic (exact) mass is 312 g/mol. The van der Waals surface area contributed by atoms with Gasteiger partial charge in [-0.1, -0.05) is 12.1 Å². The van der Waals surface area contributed by atoms with E-state index in [0.717, 1.165) is 36.6 Å². The lowest BCUT2D eigenvalue weighted by Gasteiger charge is -2.09. The number of nitrogens with one attached hydrogen (secondary N) is 3. The Morgan fingerprint density at radius 2 is 1.96 bits per heavy atom. The molecular formula is C16H20N6O. The molecule has 3 aromatic rings. The van der Waals surface area contributed by atoms with E-state index in [-0.39, 0.29) is 0 Å². The second-order valence-electron chi connectivity index (χ2n) is 5.05. The largest absolute Gasteiger partial charge is 0.497 e. The standard InChI is InChI=1S/C16H20N6O/c1-3-17-16-21-14(13-15(22-16)20-10-19-13)18-9-8-11-4-6-12(23-2)7-5-11/h4-7,10H,3,8-9H2,1-2H3,(H3,17,18,19,20,21,22). The molecule has 23 heavy (non-hydrogen) atoms. The van der Waals surface area contributed by atoms with Crippen molar-refractivity contribution in [3.63, 3.8) is 0 Å². The number of imidazole rings is 1. The van der Waals surface area contributed by atoms with E-state index in [1.54, 1.807) is 13.4 Å². The number of anilines is 2. The van der Waals surface area contributed by atoms with E-state index < -0.39 is 0 Å². The zero-order chi connectivity index (χ0) is 16.1. The van der Waals surface area contributed by atoms with E-state index in [0.29, 0.717) is 11.6 Å². The lowest BCUT2D eigenvalue weighted by Crippen LogP contribution is -2.10. The van der Waals surface area contributed by atoms with Crippen molar-refractivity contribution in [2.24, 2.45) is 0 Å². The van der Waals surface area contributed by atoms with Gasteiger partial charge in [-0.2, -0.15) is 9.97 Å². The molecule has 0 atom stereocenters. The normalized spacial score (nSPS) is 10.7. The van der Waals surface area contributed by atoms with Crippen molar-refractivity contribution in [1.82, 2.24) is 19.9 Å². The fraction of sp³-hybridized carbons (Fsp3) is 0.312. The second-order valence-corrected chi connectivity index (χ2v) is 5.05. The molecule has 0 bridgehead atoms. The lowest BCUT2D eigenvalue weighted by atomic mass is 10.1. The Morgan fingerprint density at radius 1 is 1.13 bits per heavy atom. The molecule has 120 valence electrons. The molecule has 0 aliphatic heterocycles. The zero-order valence-corrected chi connectivity index (χ0v) is 13.3. The van der Waals surface area contributed by atoms with Crippen LogP contribution in [0.2, 0.25) is 0 Å². The maximum absolute atomic E-state index is 5.17. The Labute approximate surface area is 134 Å². The number of fused-ring (bicyclic) bond motifs is 1. The number of aromatic amines is 1. The molecule has 0 aliphatic carbocycles. The molecule has 0 saturated heterocycles. The molecule has 0 radical (unpaired) electrons. The van der Waals surface area contributed by atoms with E-state index in [4.69, 9.17) is 4.74 Å². The second kappa shape index (κ2) is 6.95. The molecule has 7 nitrogen and oxygen atoms in total. The molecular weight excluding hydrogens is 292 g/mol. The maximum atomic E-state index is 5.17. The summed E-state index contributed by atoms with van der Waals surface area (Å²) in [5.41, 5.74) is 2.71. The van der Waals surface area contributed by atoms with Crippen LogP contribution in [0.25, 0.3) is 11.2 Å². The number of rotatable bonds is 7. The summed E-state index contributed by atoms with van der Waals surface area (Å²) in [6.45, 7) is 3.54. The third-order valence-corrected chi connectivity index (χ3v) is 3.49. The van der Waals surface area contributed by atoms with Crippen molar-refractivity contribution in [3.05, 3.63) is 36.2 Å². The van der Waals surface area contributed by atoms with Gasteiger partial charge >= 0.3 is 0 Å². The molecule has 2 aromatic heterocycles. The van der Waals surface area contributed by atoms with Crippen LogP contribution in [-0.4, -0.2) is 40.1 Å². The van der Waals surface area contributed by atoms with Gasteiger partial charge in [-0.3, -0.25) is 0 Å². The SMILES string of the molecule is CCNc1nc(NCCc2ccc(OC)cc2)c2[nH]cnc2n1. The van der Waals surface area contributed by atoms with Gasteiger partial charge in [0, 0.05) is 13.1 Å². The van der Waals surface area contributed by atoms with Crippen LogP contribution in [0.1, 0.15) is 12.5 Å². The van der Waals surface area contributed by atoms with Gasteiger partial charge in [-0.15, -0.1) is 0 Å². The van der Waals surface area contributed by atoms with Gasteiger partial charge < -0.3 is 20.4 Å². The number of methoxy groups -OCH3 is 1. The third kappa shape index (κ3) is 3.50. The maximum Gasteiger partial charge on any atom is 0.226 e. The fourth-order valence-corrected chi connectivity index (χ4v) is 2.32. The Kier molecular flexibility index (Phi) is 4.56. The predicted octanol–water partition coefficient (Wildman–Crippen LogP) is 2.45. The highest BCUT2D eigenvalue weighted by Crippen LogP contribution is 2.18. The van der Waals surface area contributed by atoms with Crippen LogP contribution in [0.4, 0.5) is 11.8 Å². The molecule has 0 spiro atoms. The van der Waals surface area contributed by atoms with Crippen molar-refractivity contribution in [2.75, 3.05) is 30.8 Å². The summed E-state index contributed by atoms with van der Waals surface area (Å²) in [6.07, 6.45) is 2.52. The smallest absolute Gasteiger partial charge is 0.226 e. The number of H-pyrrole nitrogens is 1. The van der Waals surface area contributed by atoms with Crippen LogP contribution in [0.3, 0.4) is 0 Å². The Bertz CT molecular complexity index is 768. The molecule has 0 saturated carbocycles. The molecule has 3 N–H and O–H groups in total. The van der Waals surface area contributed by atoms with Crippen molar-refractivity contribution in [3.8, 4) is 5.75 Å². The summed E-state index contributed by atoms with van der Waals surface area (Å²) in [5, 5.41) is 6.48. The Hall–Kier alpha value is -2.83. The van der Waals surface area contributed by atoms with E-state index in [9.17, 15) is 0 Å². The first-order chi connectivity index (χ1) is 11.3. The number of ether oxygens (including phenoxy) is 1. The average molecular weight is 312 g/mol. The molecule has 3 rings (SSSR count). The van der Waals surface area contributed by atoms with E-state index in [1.165, 1.54) is 5.56 Å². The molecule has 0 aliphatic rings. The van der Waals surface area contributed by atoms with E-state index >= 15 is 0 Å². The highest BCUT2D eigenvalue weighted by molar-refractivity contribution is 5.83. The minimum atomic E-state index is 0.582. The number of hydrogen-bond acceptors (Lipinski definition) is 6. The topological polar surface area (TPSA) is 87.8 Å². The summed E-state index contributed by atoms with van der Waals surface area (Å²) >= 11 is 0. The number of hydrogen-bond donors (Lipinski definition) is 3. The highest BCUT2D eigenvalue weighted by atomic mass is 16.5. The molecule has 2 heterocycles. The van der Waals surface area contributed by atoms with Crippen molar-refractivity contribution >= 4 is 22.9 Å². The molecule has 0 amide bonds. The van der Waals surface area contributed by atoms with Crippen molar-refractivity contribution in [1.29, 1.82) is 0 Å². The fourth-order valence-electron chi connectivity index (χ4n) is 2.32. The van der Waals surface area contributed by atoms with Gasteiger partial charge in [0.2, 0.25) is 5.95 Å². The molecule has 0 unspecified atom stereocenters. The molecule has 7 heteroatoms. The third-order valence-electron chi connectivity index (χ3n) is 3.49. The van der Waals surface area contributed by atoms with Crippen molar-refractivity contribution in [2.45, 2.75) is 13.3 Å². The van der Waals surface area contributed by atoms with Crippen LogP contribution < -0.4 is 15.4 Å². The summed E-state index contributed by atoms with van der Waals surface area (Å²) in [7, 11) is 1.67. The summed E-state index contributed by atoms with van der Waals surface area (Å²) < 4.78 is 5.17. The summed E-state index contributed by atoms with van der Waals surface area (Å²) in [4.78, 5) is 16.1. The average Bonchev–Trinajstić information content (AvgIpc) is 3.04. The Balaban J connectivity index is 1.69. The van der Waals surface area contributed by atoms with Gasteiger partial charge in [-0.25, -0.2) is 4.98 Å². The molecule has 1 aromatic carbocycles. The zero-order valence-electron chi connectivity index (χ0n) is 13.3. The van der Waals surface area contributed by atoms with E-state index in [2.05, 4.69) is 42.7 Å². The van der Waals surface area contributed by atoms with Gasteiger partial charge in [0.05, 0.1) is 13.4 Å². The minimum Gasteiger partial charge on any atom is -0.497 e. The Morgan fingerprint density at radius 3 is 2.70 bits per heavy atom. The van der Waals surface area contributed by atoms with Crippen LogP contribution in [0, 0.1) is 0 Å².